The van der Waals surface area contributed by atoms with Gasteiger partial charge in [-0.2, -0.15) is 0 Å². The molecule has 1 heterocycles. The second-order valence-electron chi connectivity index (χ2n) is 3.17. The third kappa shape index (κ3) is 4.47. The van der Waals surface area contributed by atoms with E-state index < -0.39 is 11.9 Å². The van der Waals surface area contributed by atoms with E-state index in [1.807, 2.05) is 0 Å². The number of aromatic nitrogens is 2. The Labute approximate surface area is 91.9 Å². The van der Waals surface area contributed by atoms with Crippen molar-refractivity contribution in [1.29, 1.82) is 0 Å². The van der Waals surface area contributed by atoms with Crippen molar-refractivity contribution in [2.45, 2.75) is 6.54 Å². The van der Waals surface area contributed by atoms with Crippen LogP contribution in [0, 0.1) is 0 Å². The molecule has 0 spiro atoms. The maximum Gasteiger partial charge on any atom is 0.317 e. The molecule has 1 aromatic rings. The molecule has 16 heavy (non-hydrogen) atoms. The minimum atomic E-state index is -1.03. The molecular weight excluding hydrogens is 212 g/mol. The highest BCUT2D eigenvalue weighted by Crippen LogP contribution is 1.97. The summed E-state index contributed by atoms with van der Waals surface area (Å²) in [6.45, 7) is -0.234. The minimum Gasteiger partial charge on any atom is -0.480 e. The van der Waals surface area contributed by atoms with Crippen LogP contribution < -0.4 is 5.73 Å². The van der Waals surface area contributed by atoms with Gasteiger partial charge in [0.2, 0.25) is 5.91 Å². The van der Waals surface area contributed by atoms with E-state index in [1.165, 1.54) is 4.90 Å². The highest BCUT2D eigenvalue weighted by atomic mass is 16.4. The third-order valence-corrected chi connectivity index (χ3v) is 1.72. The van der Waals surface area contributed by atoms with Crippen LogP contribution in [0.3, 0.4) is 0 Å². The van der Waals surface area contributed by atoms with Gasteiger partial charge in [-0.1, -0.05) is 0 Å². The zero-order valence-corrected chi connectivity index (χ0v) is 8.54. The maximum atomic E-state index is 10.7. The van der Waals surface area contributed by atoms with Crippen molar-refractivity contribution >= 4 is 11.9 Å². The van der Waals surface area contributed by atoms with E-state index in [9.17, 15) is 9.59 Å². The van der Waals surface area contributed by atoms with Gasteiger partial charge in [-0.15, -0.1) is 0 Å². The molecule has 0 aliphatic carbocycles. The summed E-state index contributed by atoms with van der Waals surface area (Å²) >= 11 is 0. The van der Waals surface area contributed by atoms with Crippen LogP contribution in [0.25, 0.3) is 0 Å². The van der Waals surface area contributed by atoms with Gasteiger partial charge in [0.1, 0.15) is 5.82 Å². The van der Waals surface area contributed by atoms with Gasteiger partial charge in [-0.25, -0.2) is 9.97 Å². The van der Waals surface area contributed by atoms with Crippen LogP contribution in [0.15, 0.2) is 18.5 Å². The summed E-state index contributed by atoms with van der Waals surface area (Å²) < 4.78 is 0. The van der Waals surface area contributed by atoms with Gasteiger partial charge in [-0.3, -0.25) is 14.5 Å². The SMILES string of the molecule is NC(=O)CN(CC(=O)O)Cc1ncccn1. The van der Waals surface area contributed by atoms with Gasteiger partial charge in [0, 0.05) is 12.4 Å². The van der Waals surface area contributed by atoms with Crippen molar-refractivity contribution in [3.05, 3.63) is 24.3 Å². The number of rotatable bonds is 6. The average Bonchev–Trinajstić information content (AvgIpc) is 2.16. The number of hydrogen-bond donors (Lipinski definition) is 2. The molecule has 1 aromatic heterocycles. The van der Waals surface area contributed by atoms with Crippen LogP contribution >= 0.6 is 0 Å². The summed E-state index contributed by atoms with van der Waals surface area (Å²) in [5, 5.41) is 8.64. The van der Waals surface area contributed by atoms with Crippen LogP contribution in [0.4, 0.5) is 0 Å². The third-order valence-electron chi connectivity index (χ3n) is 1.72. The predicted molar refractivity (Wildman–Crippen MR) is 54.1 cm³/mol. The first-order valence-corrected chi connectivity index (χ1v) is 4.56. The van der Waals surface area contributed by atoms with E-state index >= 15 is 0 Å². The first-order chi connectivity index (χ1) is 7.58. The number of carbonyl (C=O) groups excluding carboxylic acids is 1. The molecule has 0 aliphatic rings. The van der Waals surface area contributed by atoms with Gasteiger partial charge >= 0.3 is 5.97 Å². The fourth-order valence-corrected chi connectivity index (χ4v) is 1.19. The van der Waals surface area contributed by atoms with Gasteiger partial charge in [0.15, 0.2) is 0 Å². The largest absolute Gasteiger partial charge is 0.480 e. The molecule has 7 heteroatoms. The monoisotopic (exact) mass is 224 g/mol. The van der Waals surface area contributed by atoms with E-state index in [4.69, 9.17) is 10.8 Å². The highest BCUT2D eigenvalue weighted by Gasteiger charge is 2.13. The number of hydrogen-bond acceptors (Lipinski definition) is 5. The molecule has 0 aromatic carbocycles. The highest BCUT2D eigenvalue weighted by molar-refractivity contribution is 5.77. The lowest BCUT2D eigenvalue weighted by molar-refractivity contribution is -0.138. The van der Waals surface area contributed by atoms with E-state index in [0.717, 1.165) is 0 Å². The summed E-state index contributed by atoms with van der Waals surface area (Å²) in [4.78, 5) is 30.5. The second kappa shape index (κ2) is 5.76. The Kier molecular flexibility index (Phi) is 4.34. The fraction of sp³-hybridized carbons (Fsp3) is 0.333. The van der Waals surface area contributed by atoms with Crippen molar-refractivity contribution in [3.63, 3.8) is 0 Å². The number of nitrogens with zero attached hydrogens (tertiary/aromatic N) is 3. The quantitative estimate of drug-likeness (QED) is 0.631. The molecule has 0 saturated carbocycles. The first kappa shape index (κ1) is 12.1. The molecule has 1 amide bonds. The number of carbonyl (C=O) groups is 2. The minimum absolute atomic E-state index is 0.134. The lowest BCUT2D eigenvalue weighted by Crippen LogP contribution is -2.37. The van der Waals surface area contributed by atoms with Crippen molar-refractivity contribution < 1.29 is 14.7 Å². The van der Waals surface area contributed by atoms with Crippen LogP contribution in [-0.2, 0) is 16.1 Å². The standard InChI is InChI=1S/C9H12N4O3/c10-7(14)4-13(6-9(15)16)5-8-11-2-1-3-12-8/h1-3H,4-6H2,(H2,10,14)(H,15,16). The first-order valence-electron chi connectivity index (χ1n) is 4.56. The van der Waals surface area contributed by atoms with Gasteiger partial charge < -0.3 is 10.8 Å². The molecule has 0 fully saturated rings. The Hall–Kier alpha value is -2.02. The molecule has 0 aliphatic heterocycles. The van der Waals surface area contributed by atoms with E-state index in [-0.39, 0.29) is 19.6 Å². The van der Waals surface area contributed by atoms with Gasteiger partial charge in [-0.05, 0) is 6.07 Å². The molecular formula is C9H12N4O3. The number of carboxylic acids is 1. The summed E-state index contributed by atoms with van der Waals surface area (Å²) in [6, 6.07) is 1.65. The van der Waals surface area contributed by atoms with E-state index in [0.29, 0.717) is 5.82 Å². The van der Waals surface area contributed by atoms with Crippen LogP contribution in [0.1, 0.15) is 5.82 Å². The Morgan fingerprint density at radius 1 is 1.31 bits per heavy atom. The average molecular weight is 224 g/mol. The Morgan fingerprint density at radius 3 is 2.44 bits per heavy atom. The van der Waals surface area contributed by atoms with Crippen LogP contribution in [0.5, 0.6) is 0 Å². The molecule has 3 N–H and O–H groups in total. The predicted octanol–water partition coefficient (Wildman–Crippen LogP) is -1.15. The number of amides is 1. The van der Waals surface area contributed by atoms with Crippen LogP contribution in [0.2, 0.25) is 0 Å². The number of aliphatic carboxylic acids is 1. The Balaban J connectivity index is 2.63. The number of carboxylic acid groups (broad SMARTS) is 1. The van der Waals surface area contributed by atoms with Gasteiger partial charge in [0.25, 0.3) is 0 Å². The molecule has 1 rings (SSSR count). The zero-order chi connectivity index (χ0) is 12.0. The summed E-state index contributed by atoms with van der Waals surface area (Å²) in [6.07, 6.45) is 3.09. The molecule has 86 valence electrons. The Bertz CT molecular complexity index is 352. The van der Waals surface area contributed by atoms with Crippen LogP contribution in [-0.4, -0.2) is 44.9 Å². The Morgan fingerprint density at radius 2 is 1.94 bits per heavy atom. The molecule has 0 unspecified atom stereocenters. The summed E-state index contributed by atoms with van der Waals surface area (Å²) in [5.41, 5.74) is 5.01. The molecule has 0 bridgehead atoms. The van der Waals surface area contributed by atoms with Gasteiger partial charge in [0.05, 0.1) is 19.6 Å². The molecule has 0 atom stereocenters. The lowest BCUT2D eigenvalue weighted by atomic mass is 10.4. The zero-order valence-electron chi connectivity index (χ0n) is 8.54. The summed E-state index contributed by atoms with van der Waals surface area (Å²) in [5.74, 6) is -1.17. The molecule has 0 radical (unpaired) electrons. The second-order valence-corrected chi connectivity index (χ2v) is 3.17. The normalized spacial score (nSPS) is 10.3. The van der Waals surface area contributed by atoms with Crippen molar-refractivity contribution in [1.82, 2.24) is 14.9 Å². The van der Waals surface area contributed by atoms with Crippen molar-refractivity contribution in [3.8, 4) is 0 Å². The lowest BCUT2D eigenvalue weighted by Gasteiger charge is -2.16. The fourth-order valence-electron chi connectivity index (χ4n) is 1.19. The molecule has 0 saturated heterocycles. The molecule has 7 nitrogen and oxygen atoms in total. The topological polar surface area (TPSA) is 109 Å². The van der Waals surface area contributed by atoms with E-state index in [1.54, 1.807) is 18.5 Å². The number of nitrogens with two attached hydrogens (primary N) is 1. The number of primary amides is 1. The smallest absolute Gasteiger partial charge is 0.317 e. The van der Waals surface area contributed by atoms with Crippen molar-refractivity contribution in [2.75, 3.05) is 13.1 Å². The van der Waals surface area contributed by atoms with Crippen molar-refractivity contribution in [2.24, 2.45) is 5.73 Å². The summed E-state index contributed by atoms with van der Waals surface area (Å²) in [7, 11) is 0. The van der Waals surface area contributed by atoms with E-state index in [2.05, 4.69) is 9.97 Å². The maximum absolute atomic E-state index is 10.7.